The van der Waals surface area contributed by atoms with Crippen LogP contribution in [-0.4, -0.2) is 11.0 Å². The Hall–Kier alpha value is -1.49. The van der Waals surface area contributed by atoms with Crippen molar-refractivity contribution < 1.29 is 4.39 Å². The van der Waals surface area contributed by atoms with Crippen molar-refractivity contribution in [3.63, 3.8) is 0 Å². The van der Waals surface area contributed by atoms with E-state index in [1.807, 2.05) is 18.2 Å². The molecule has 0 spiro atoms. The van der Waals surface area contributed by atoms with E-state index in [2.05, 4.69) is 10.4 Å². The van der Waals surface area contributed by atoms with Gasteiger partial charge in [-0.25, -0.2) is 4.39 Å². The number of pyridine rings is 1. The second-order valence-electron chi connectivity index (χ2n) is 4.33. The lowest BCUT2D eigenvalue weighted by atomic mass is 10.0. The molecule has 2 rings (SSSR count). The Labute approximate surface area is 116 Å². The van der Waals surface area contributed by atoms with E-state index in [9.17, 15) is 4.39 Å². The van der Waals surface area contributed by atoms with Crippen LogP contribution in [0.5, 0.6) is 0 Å². The standard InChI is InChI=1S/C14H15ClFN3/c15-14-8-11(16)5-4-10(14)7-13(19-17)9-12-3-1-2-6-18-12/h1-6,8,13,19H,7,9,17H2. The van der Waals surface area contributed by atoms with Crippen LogP contribution in [0.3, 0.4) is 0 Å². The largest absolute Gasteiger partial charge is 0.271 e. The average molecular weight is 280 g/mol. The minimum absolute atomic E-state index is 0.00198. The number of halogens is 2. The van der Waals surface area contributed by atoms with Crippen LogP contribution in [0.4, 0.5) is 4.39 Å². The molecule has 100 valence electrons. The fourth-order valence-corrected chi connectivity index (χ4v) is 2.16. The second kappa shape index (κ2) is 6.61. The average Bonchev–Trinajstić information content (AvgIpc) is 2.42. The highest BCUT2D eigenvalue weighted by molar-refractivity contribution is 6.31. The predicted molar refractivity (Wildman–Crippen MR) is 74.2 cm³/mol. The van der Waals surface area contributed by atoms with Gasteiger partial charge in [-0.1, -0.05) is 23.7 Å². The maximum atomic E-state index is 13.0. The lowest BCUT2D eigenvalue weighted by Gasteiger charge is -2.16. The molecule has 1 aromatic carbocycles. The van der Waals surface area contributed by atoms with Gasteiger partial charge in [-0.3, -0.25) is 16.3 Å². The van der Waals surface area contributed by atoms with Crippen molar-refractivity contribution in [2.75, 3.05) is 0 Å². The first-order valence-corrected chi connectivity index (χ1v) is 6.37. The molecule has 0 aliphatic rings. The van der Waals surface area contributed by atoms with Crippen molar-refractivity contribution in [3.05, 3.63) is 64.7 Å². The van der Waals surface area contributed by atoms with Gasteiger partial charge in [0.25, 0.3) is 0 Å². The van der Waals surface area contributed by atoms with Gasteiger partial charge >= 0.3 is 0 Å². The number of aromatic nitrogens is 1. The second-order valence-corrected chi connectivity index (χ2v) is 4.74. The first-order chi connectivity index (χ1) is 9.19. The van der Waals surface area contributed by atoms with Crippen LogP contribution in [0.15, 0.2) is 42.6 Å². The van der Waals surface area contributed by atoms with Gasteiger partial charge in [0.05, 0.1) is 0 Å². The lowest BCUT2D eigenvalue weighted by Crippen LogP contribution is -2.38. The molecule has 0 saturated carbocycles. The van der Waals surface area contributed by atoms with E-state index in [0.29, 0.717) is 17.9 Å². The van der Waals surface area contributed by atoms with Gasteiger partial charge in [0, 0.05) is 29.4 Å². The Kier molecular flexibility index (Phi) is 4.85. The van der Waals surface area contributed by atoms with Gasteiger partial charge in [-0.15, -0.1) is 0 Å². The summed E-state index contributed by atoms with van der Waals surface area (Å²) in [5, 5.41) is 0.418. The van der Waals surface area contributed by atoms with Gasteiger partial charge in [-0.2, -0.15) is 0 Å². The van der Waals surface area contributed by atoms with Gasteiger partial charge in [-0.05, 0) is 36.2 Å². The molecule has 2 aromatic rings. The molecular weight excluding hydrogens is 265 g/mol. The fraction of sp³-hybridized carbons (Fsp3) is 0.214. The topological polar surface area (TPSA) is 50.9 Å². The molecule has 0 bridgehead atoms. The van der Waals surface area contributed by atoms with Crippen LogP contribution in [-0.2, 0) is 12.8 Å². The smallest absolute Gasteiger partial charge is 0.124 e. The Morgan fingerprint density at radius 1 is 1.26 bits per heavy atom. The van der Waals surface area contributed by atoms with Crippen LogP contribution in [0, 0.1) is 5.82 Å². The Balaban J connectivity index is 2.06. The highest BCUT2D eigenvalue weighted by Crippen LogP contribution is 2.19. The predicted octanol–water partition coefficient (Wildman–Crippen LogP) is 2.49. The number of hydrazine groups is 1. The molecule has 0 saturated heterocycles. The van der Waals surface area contributed by atoms with E-state index in [-0.39, 0.29) is 11.9 Å². The molecule has 1 unspecified atom stereocenters. The zero-order valence-electron chi connectivity index (χ0n) is 10.3. The zero-order valence-corrected chi connectivity index (χ0v) is 11.1. The molecule has 0 aliphatic heterocycles. The first-order valence-electron chi connectivity index (χ1n) is 5.99. The van der Waals surface area contributed by atoms with Crippen molar-refractivity contribution >= 4 is 11.6 Å². The highest BCUT2D eigenvalue weighted by Gasteiger charge is 2.12. The maximum Gasteiger partial charge on any atom is 0.124 e. The van der Waals surface area contributed by atoms with Gasteiger partial charge in [0.2, 0.25) is 0 Å². The Morgan fingerprint density at radius 3 is 2.74 bits per heavy atom. The summed E-state index contributed by atoms with van der Waals surface area (Å²) in [6.07, 6.45) is 3.05. The molecule has 0 amide bonds. The van der Waals surface area contributed by atoms with E-state index in [0.717, 1.165) is 11.3 Å². The lowest BCUT2D eigenvalue weighted by molar-refractivity contribution is 0.517. The molecule has 1 aromatic heterocycles. The number of nitrogens with zero attached hydrogens (tertiary/aromatic N) is 1. The Bertz CT molecular complexity index is 533. The summed E-state index contributed by atoms with van der Waals surface area (Å²) in [6.45, 7) is 0. The third-order valence-corrected chi connectivity index (χ3v) is 3.25. The molecule has 3 nitrogen and oxygen atoms in total. The SMILES string of the molecule is NNC(Cc1ccccn1)Cc1ccc(F)cc1Cl. The Morgan fingerprint density at radius 2 is 2.11 bits per heavy atom. The molecule has 19 heavy (non-hydrogen) atoms. The van der Waals surface area contributed by atoms with Crippen molar-refractivity contribution in [2.24, 2.45) is 5.84 Å². The number of hydrogen-bond acceptors (Lipinski definition) is 3. The van der Waals surface area contributed by atoms with E-state index < -0.39 is 0 Å². The third kappa shape index (κ3) is 3.99. The molecule has 0 fully saturated rings. The highest BCUT2D eigenvalue weighted by atomic mass is 35.5. The summed E-state index contributed by atoms with van der Waals surface area (Å²) in [5.74, 6) is 5.22. The summed E-state index contributed by atoms with van der Waals surface area (Å²) in [5.41, 5.74) is 4.56. The quantitative estimate of drug-likeness (QED) is 0.653. The molecule has 0 aliphatic carbocycles. The molecule has 1 atom stereocenters. The molecule has 1 heterocycles. The van der Waals surface area contributed by atoms with Gasteiger partial charge in [0.15, 0.2) is 0 Å². The summed E-state index contributed by atoms with van der Waals surface area (Å²) >= 11 is 6.01. The minimum Gasteiger partial charge on any atom is -0.271 e. The zero-order chi connectivity index (χ0) is 13.7. The van der Waals surface area contributed by atoms with Crippen LogP contribution in [0.1, 0.15) is 11.3 Å². The molecule has 5 heteroatoms. The third-order valence-electron chi connectivity index (χ3n) is 2.90. The number of nitrogens with one attached hydrogen (secondary N) is 1. The summed E-state index contributed by atoms with van der Waals surface area (Å²) in [4.78, 5) is 4.26. The number of benzene rings is 1. The number of hydrogen-bond donors (Lipinski definition) is 2. The van der Waals surface area contributed by atoms with Crippen molar-refractivity contribution in [3.8, 4) is 0 Å². The molecule has 3 N–H and O–H groups in total. The van der Waals surface area contributed by atoms with Crippen LogP contribution in [0.2, 0.25) is 5.02 Å². The van der Waals surface area contributed by atoms with Crippen molar-refractivity contribution in [1.82, 2.24) is 10.4 Å². The van der Waals surface area contributed by atoms with E-state index in [1.54, 1.807) is 12.3 Å². The van der Waals surface area contributed by atoms with Gasteiger partial charge < -0.3 is 0 Å². The van der Waals surface area contributed by atoms with Gasteiger partial charge in [0.1, 0.15) is 5.82 Å². The van der Waals surface area contributed by atoms with Crippen LogP contribution in [0.25, 0.3) is 0 Å². The molecule has 0 radical (unpaired) electrons. The first kappa shape index (κ1) is 13.9. The normalized spacial score (nSPS) is 12.4. The monoisotopic (exact) mass is 279 g/mol. The summed E-state index contributed by atoms with van der Waals surface area (Å²) in [7, 11) is 0. The van der Waals surface area contributed by atoms with Crippen LogP contribution >= 0.6 is 11.6 Å². The van der Waals surface area contributed by atoms with Crippen LogP contribution < -0.4 is 11.3 Å². The fourth-order valence-electron chi connectivity index (χ4n) is 1.91. The maximum absolute atomic E-state index is 13.0. The molecular formula is C14H15ClFN3. The van der Waals surface area contributed by atoms with E-state index in [4.69, 9.17) is 17.4 Å². The van der Waals surface area contributed by atoms with Crippen molar-refractivity contribution in [1.29, 1.82) is 0 Å². The van der Waals surface area contributed by atoms with E-state index >= 15 is 0 Å². The summed E-state index contributed by atoms with van der Waals surface area (Å²) < 4.78 is 13.0. The number of rotatable bonds is 5. The van der Waals surface area contributed by atoms with Crippen molar-refractivity contribution in [2.45, 2.75) is 18.9 Å². The van der Waals surface area contributed by atoms with E-state index in [1.165, 1.54) is 12.1 Å². The number of nitrogens with two attached hydrogens (primary N) is 1. The summed E-state index contributed by atoms with van der Waals surface area (Å²) in [6, 6.07) is 10.1. The minimum atomic E-state index is -0.337.